The molecule has 1 unspecified atom stereocenters. The maximum absolute atomic E-state index is 13.4. The zero-order chi connectivity index (χ0) is 26.4. The quantitative estimate of drug-likeness (QED) is 0.147. The highest BCUT2D eigenvalue weighted by molar-refractivity contribution is 6.51. The first-order valence-corrected chi connectivity index (χ1v) is 12.8. The third-order valence-corrected chi connectivity index (χ3v) is 6.37. The molecular formula is C31H33NO5. The van der Waals surface area contributed by atoms with E-state index in [2.05, 4.69) is 6.92 Å². The van der Waals surface area contributed by atoms with Crippen LogP contribution < -0.4 is 14.4 Å². The SMILES string of the molecule is CCCCCOc1ccc(/C(O)=C2/C(=O)C(=O)N(c3ccc(OCC)cc3)C2c2cccc(C)c2)cc1. The van der Waals surface area contributed by atoms with E-state index in [1.54, 1.807) is 48.5 Å². The van der Waals surface area contributed by atoms with E-state index in [0.29, 0.717) is 36.0 Å². The van der Waals surface area contributed by atoms with Gasteiger partial charge in [-0.3, -0.25) is 14.5 Å². The number of hydrogen-bond donors (Lipinski definition) is 1. The van der Waals surface area contributed by atoms with Crippen LogP contribution in [0, 0.1) is 6.92 Å². The number of carbonyl (C=O) groups is 2. The van der Waals surface area contributed by atoms with Gasteiger partial charge in [0.05, 0.1) is 24.8 Å². The monoisotopic (exact) mass is 499 g/mol. The molecule has 0 bridgehead atoms. The van der Waals surface area contributed by atoms with E-state index in [9.17, 15) is 14.7 Å². The van der Waals surface area contributed by atoms with Gasteiger partial charge in [-0.1, -0.05) is 49.6 Å². The normalized spacial score (nSPS) is 16.7. The fourth-order valence-corrected chi connectivity index (χ4v) is 4.53. The molecule has 1 N–H and O–H groups in total. The largest absolute Gasteiger partial charge is 0.507 e. The Hall–Kier alpha value is -4.06. The third-order valence-electron chi connectivity index (χ3n) is 6.37. The second-order valence-corrected chi connectivity index (χ2v) is 9.09. The molecule has 6 heteroatoms. The second kappa shape index (κ2) is 11.8. The highest BCUT2D eigenvalue weighted by atomic mass is 16.5. The summed E-state index contributed by atoms with van der Waals surface area (Å²) in [4.78, 5) is 28.1. The van der Waals surface area contributed by atoms with Crippen LogP contribution in [0.1, 0.15) is 55.8 Å². The van der Waals surface area contributed by atoms with Gasteiger partial charge in [-0.2, -0.15) is 0 Å². The first-order valence-electron chi connectivity index (χ1n) is 12.8. The smallest absolute Gasteiger partial charge is 0.300 e. The molecule has 1 amide bonds. The maximum atomic E-state index is 13.4. The van der Waals surface area contributed by atoms with Gasteiger partial charge < -0.3 is 14.6 Å². The Morgan fingerprint density at radius 3 is 2.22 bits per heavy atom. The van der Waals surface area contributed by atoms with Crippen LogP contribution in [0.5, 0.6) is 11.5 Å². The van der Waals surface area contributed by atoms with Gasteiger partial charge in [-0.25, -0.2) is 0 Å². The minimum Gasteiger partial charge on any atom is -0.507 e. The molecule has 1 saturated heterocycles. The molecule has 37 heavy (non-hydrogen) atoms. The molecule has 1 aliphatic rings. The summed E-state index contributed by atoms with van der Waals surface area (Å²) < 4.78 is 11.3. The lowest BCUT2D eigenvalue weighted by atomic mass is 9.94. The van der Waals surface area contributed by atoms with Crippen molar-refractivity contribution in [2.45, 2.75) is 46.1 Å². The van der Waals surface area contributed by atoms with Gasteiger partial charge in [-0.05, 0) is 74.4 Å². The van der Waals surface area contributed by atoms with Gasteiger partial charge in [0.15, 0.2) is 0 Å². The number of ketones is 1. The van der Waals surface area contributed by atoms with Gasteiger partial charge in [-0.15, -0.1) is 0 Å². The first kappa shape index (κ1) is 26.0. The first-order chi connectivity index (χ1) is 17.9. The molecule has 1 aliphatic heterocycles. The Bertz CT molecular complexity index is 1280. The van der Waals surface area contributed by atoms with E-state index < -0.39 is 17.7 Å². The Balaban J connectivity index is 1.74. The standard InChI is InChI=1S/C31H33NO5/c1-4-6-7-19-37-26-15-11-22(12-16-26)29(33)27-28(23-10-8-9-21(3)20-23)32(31(35)30(27)34)24-13-17-25(18-14-24)36-5-2/h8-18,20,28,33H,4-7,19H2,1-3H3/b29-27-. The predicted molar refractivity (Wildman–Crippen MR) is 145 cm³/mol. The number of aliphatic hydroxyl groups is 1. The molecule has 3 aromatic rings. The fourth-order valence-electron chi connectivity index (χ4n) is 4.53. The Morgan fingerprint density at radius 2 is 1.57 bits per heavy atom. The van der Waals surface area contributed by atoms with Crippen LogP contribution in [0.15, 0.2) is 78.4 Å². The second-order valence-electron chi connectivity index (χ2n) is 9.09. The molecule has 0 radical (unpaired) electrons. The van der Waals surface area contributed by atoms with Crippen molar-refractivity contribution < 1.29 is 24.2 Å². The number of aliphatic hydroxyl groups excluding tert-OH is 1. The van der Waals surface area contributed by atoms with Crippen molar-refractivity contribution in [2.75, 3.05) is 18.1 Å². The van der Waals surface area contributed by atoms with Crippen molar-refractivity contribution in [3.8, 4) is 11.5 Å². The highest BCUT2D eigenvalue weighted by Gasteiger charge is 2.47. The molecule has 3 aromatic carbocycles. The van der Waals surface area contributed by atoms with Crippen molar-refractivity contribution in [1.29, 1.82) is 0 Å². The van der Waals surface area contributed by atoms with Crippen LogP contribution in [0.25, 0.3) is 5.76 Å². The number of unbranched alkanes of at least 4 members (excludes halogenated alkanes) is 2. The van der Waals surface area contributed by atoms with Crippen LogP contribution in [-0.4, -0.2) is 30.0 Å². The lowest BCUT2D eigenvalue weighted by Gasteiger charge is -2.26. The molecule has 1 fully saturated rings. The van der Waals surface area contributed by atoms with Crippen molar-refractivity contribution in [1.82, 2.24) is 0 Å². The fraction of sp³-hybridized carbons (Fsp3) is 0.290. The van der Waals surface area contributed by atoms with E-state index in [-0.39, 0.29) is 11.3 Å². The predicted octanol–water partition coefficient (Wildman–Crippen LogP) is 6.59. The molecule has 4 rings (SSSR count). The van der Waals surface area contributed by atoms with Crippen molar-refractivity contribution >= 4 is 23.1 Å². The van der Waals surface area contributed by atoms with Gasteiger partial charge >= 0.3 is 0 Å². The van der Waals surface area contributed by atoms with Crippen LogP contribution in [0.4, 0.5) is 5.69 Å². The van der Waals surface area contributed by atoms with Crippen LogP contribution in [0.3, 0.4) is 0 Å². The molecular weight excluding hydrogens is 466 g/mol. The van der Waals surface area contributed by atoms with E-state index in [1.165, 1.54) is 4.90 Å². The summed E-state index contributed by atoms with van der Waals surface area (Å²) in [6.07, 6.45) is 3.20. The summed E-state index contributed by atoms with van der Waals surface area (Å²) in [6, 6.07) is 20.9. The maximum Gasteiger partial charge on any atom is 0.300 e. The van der Waals surface area contributed by atoms with Crippen LogP contribution in [0.2, 0.25) is 0 Å². The van der Waals surface area contributed by atoms with E-state index >= 15 is 0 Å². The average Bonchev–Trinajstić information content (AvgIpc) is 3.17. The molecule has 1 heterocycles. The summed E-state index contributed by atoms with van der Waals surface area (Å²) in [5.41, 5.74) is 2.78. The van der Waals surface area contributed by atoms with Gasteiger partial charge in [0.25, 0.3) is 11.7 Å². The summed E-state index contributed by atoms with van der Waals surface area (Å²) in [6.45, 7) is 7.14. The minimum atomic E-state index is -0.775. The minimum absolute atomic E-state index is 0.0566. The summed E-state index contributed by atoms with van der Waals surface area (Å²) in [5.74, 6) is -0.258. The Kier molecular flexibility index (Phi) is 8.29. The molecule has 0 aromatic heterocycles. The van der Waals surface area contributed by atoms with Crippen LogP contribution >= 0.6 is 0 Å². The number of benzene rings is 3. The van der Waals surface area contributed by atoms with Gasteiger partial charge in [0.2, 0.25) is 0 Å². The number of aryl methyl sites for hydroxylation is 1. The zero-order valence-corrected chi connectivity index (χ0v) is 21.6. The number of amides is 1. The van der Waals surface area contributed by atoms with Crippen molar-refractivity contribution in [3.05, 3.63) is 95.1 Å². The van der Waals surface area contributed by atoms with Gasteiger partial charge in [0, 0.05) is 11.3 Å². The Labute approximate surface area is 218 Å². The summed E-state index contributed by atoms with van der Waals surface area (Å²) >= 11 is 0. The highest BCUT2D eigenvalue weighted by Crippen LogP contribution is 2.42. The zero-order valence-electron chi connectivity index (χ0n) is 21.6. The topological polar surface area (TPSA) is 76.1 Å². The summed E-state index contributed by atoms with van der Waals surface area (Å²) in [5, 5.41) is 11.3. The number of rotatable bonds is 10. The number of hydrogen-bond acceptors (Lipinski definition) is 5. The molecule has 0 aliphatic carbocycles. The van der Waals surface area contributed by atoms with E-state index in [4.69, 9.17) is 9.47 Å². The number of anilines is 1. The van der Waals surface area contributed by atoms with Crippen molar-refractivity contribution in [2.24, 2.45) is 0 Å². The number of ether oxygens (including phenoxy) is 2. The average molecular weight is 500 g/mol. The lowest BCUT2D eigenvalue weighted by Crippen LogP contribution is -2.29. The summed E-state index contributed by atoms with van der Waals surface area (Å²) in [7, 11) is 0. The molecule has 0 saturated carbocycles. The molecule has 0 spiro atoms. The number of carbonyl (C=O) groups excluding carboxylic acids is 2. The Morgan fingerprint density at radius 1 is 0.892 bits per heavy atom. The molecule has 1 atom stereocenters. The lowest BCUT2D eigenvalue weighted by molar-refractivity contribution is -0.132. The van der Waals surface area contributed by atoms with Crippen LogP contribution in [-0.2, 0) is 9.59 Å². The third kappa shape index (κ3) is 5.69. The number of Topliss-reactive ketones (excluding diaryl/α,β-unsaturated/α-hetero) is 1. The number of nitrogens with zero attached hydrogens (tertiary/aromatic N) is 1. The van der Waals surface area contributed by atoms with E-state index in [0.717, 1.165) is 30.4 Å². The van der Waals surface area contributed by atoms with E-state index in [1.807, 2.05) is 38.1 Å². The van der Waals surface area contributed by atoms with Crippen molar-refractivity contribution in [3.63, 3.8) is 0 Å². The van der Waals surface area contributed by atoms with Gasteiger partial charge in [0.1, 0.15) is 17.3 Å². The molecule has 6 nitrogen and oxygen atoms in total. The molecule has 192 valence electrons.